The van der Waals surface area contributed by atoms with Crippen LogP contribution in [0.4, 0.5) is 0 Å². The summed E-state index contributed by atoms with van der Waals surface area (Å²) in [4.78, 5) is 0. The van der Waals surface area contributed by atoms with Gasteiger partial charge in [0, 0.05) is 0 Å². The van der Waals surface area contributed by atoms with Crippen LogP contribution >= 0.6 is 0 Å². The summed E-state index contributed by atoms with van der Waals surface area (Å²) in [7, 11) is 0. The van der Waals surface area contributed by atoms with Crippen molar-refractivity contribution in [1.82, 2.24) is 0 Å². The van der Waals surface area contributed by atoms with Crippen LogP contribution in [0.1, 0.15) is 24.5 Å². The van der Waals surface area contributed by atoms with Gasteiger partial charge in [0.05, 0.1) is 0 Å². The molecule has 1 nitrogen and oxygen atoms in total. The van der Waals surface area contributed by atoms with Crippen molar-refractivity contribution in [3.63, 3.8) is 0 Å². The molecule has 1 N–H and O–H groups in total. The Hall–Kier alpha value is -1.08. The minimum atomic E-state index is -0.869. The van der Waals surface area contributed by atoms with Gasteiger partial charge in [0.25, 0.3) is 0 Å². The van der Waals surface area contributed by atoms with E-state index in [9.17, 15) is 5.11 Å². The highest BCUT2D eigenvalue weighted by atomic mass is 16.3. The molecule has 0 aliphatic carbocycles. The summed E-state index contributed by atoms with van der Waals surface area (Å²) in [5, 5.41) is 10.1. The average Bonchev–Trinajstić information content (AvgIpc) is 2.17. The van der Waals surface area contributed by atoms with Crippen LogP contribution in [0.3, 0.4) is 0 Å². The maximum absolute atomic E-state index is 10.1. The van der Waals surface area contributed by atoms with E-state index in [2.05, 4.69) is 6.58 Å². The number of benzene rings is 1. The zero-order chi connectivity index (χ0) is 9.90. The Morgan fingerprint density at radius 1 is 1.54 bits per heavy atom. The summed E-state index contributed by atoms with van der Waals surface area (Å²) in [5.74, 6) is 0. The van der Waals surface area contributed by atoms with E-state index in [0.29, 0.717) is 6.42 Å². The van der Waals surface area contributed by atoms with Crippen molar-refractivity contribution < 1.29 is 5.11 Å². The Kier molecular flexibility index (Phi) is 2.89. The van der Waals surface area contributed by atoms with Crippen LogP contribution in [0.15, 0.2) is 36.9 Å². The fourth-order valence-corrected chi connectivity index (χ4v) is 1.38. The van der Waals surface area contributed by atoms with Gasteiger partial charge in [0.1, 0.15) is 5.60 Å². The first-order valence-corrected chi connectivity index (χ1v) is 4.55. The summed E-state index contributed by atoms with van der Waals surface area (Å²) in [5.41, 5.74) is 1.21. The monoisotopic (exact) mass is 176 g/mol. The Bertz CT molecular complexity index is 304. The van der Waals surface area contributed by atoms with Gasteiger partial charge in [-0.2, -0.15) is 0 Å². The largest absolute Gasteiger partial charge is 0.381 e. The minimum Gasteiger partial charge on any atom is -0.381 e. The number of hydrogen-bond acceptors (Lipinski definition) is 1. The number of hydrogen-bond donors (Lipinski definition) is 1. The van der Waals surface area contributed by atoms with Crippen LogP contribution in [0.25, 0.3) is 0 Å². The SMILES string of the molecule is C=CC(O)(CC)c1cccc(C)c1. The number of aliphatic hydroxyl groups is 1. The maximum Gasteiger partial charge on any atom is 0.107 e. The first kappa shape index (κ1) is 10.0. The normalized spacial score (nSPS) is 15.0. The molecule has 0 heterocycles. The summed E-state index contributed by atoms with van der Waals surface area (Å²) in [6.07, 6.45) is 2.25. The molecule has 1 heteroatoms. The molecule has 1 aromatic carbocycles. The Balaban J connectivity index is 3.12. The summed E-state index contributed by atoms with van der Waals surface area (Å²) in [6.45, 7) is 7.62. The fraction of sp³-hybridized carbons (Fsp3) is 0.333. The van der Waals surface area contributed by atoms with Gasteiger partial charge in [0.15, 0.2) is 0 Å². The van der Waals surface area contributed by atoms with Gasteiger partial charge in [-0.3, -0.25) is 0 Å². The predicted octanol–water partition coefficient (Wildman–Crippen LogP) is 2.78. The van der Waals surface area contributed by atoms with Crippen molar-refractivity contribution in [3.05, 3.63) is 48.0 Å². The second-order valence-electron chi connectivity index (χ2n) is 3.35. The molecule has 1 atom stereocenters. The van der Waals surface area contributed by atoms with Gasteiger partial charge in [-0.1, -0.05) is 49.4 Å². The predicted molar refractivity (Wildman–Crippen MR) is 55.6 cm³/mol. The molecule has 1 unspecified atom stereocenters. The molecule has 0 radical (unpaired) electrons. The van der Waals surface area contributed by atoms with Crippen LogP contribution in [0.5, 0.6) is 0 Å². The van der Waals surface area contributed by atoms with Crippen molar-refractivity contribution in [3.8, 4) is 0 Å². The van der Waals surface area contributed by atoms with Gasteiger partial charge < -0.3 is 5.11 Å². The highest BCUT2D eigenvalue weighted by molar-refractivity contribution is 5.30. The van der Waals surface area contributed by atoms with Crippen LogP contribution in [-0.2, 0) is 5.60 Å². The summed E-state index contributed by atoms with van der Waals surface area (Å²) in [6, 6.07) is 7.89. The molecule has 0 aromatic heterocycles. The first-order chi connectivity index (χ1) is 6.12. The standard InChI is InChI=1S/C12H16O/c1-4-12(13,5-2)11-8-6-7-10(3)9-11/h4,6-9,13H,1,5H2,2-3H3. The first-order valence-electron chi connectivity index (χ1n) is 4.55. The number of aryl methyl sites for hydroxylation is 1. The lowest BCUT2D eigenvalue weighted by atomic mass is 9.90. The Labute approximate surface area is 79.7 Å². The third-order valence-corrected chi connectivity index (χ3v) is 2.39. The topological polar surface area (TPSA) is 20.2 Å². The van der Waals surface area contributed by atoms with E-state index in [1.54, 1.807) is 6.08 Å². The van der Waals surface area contributed by atoms with Crippen LogP contribution in [0, 0.1) is 6.92 Å². The number of rotatable bonds is 3. The smallest absolute Gasteiger partial charge is 0.107 e. The van der Waals surface area contributed by atoms with Crippen molar-refractivity contribution in [1.29, 1.82) is 0 Å². The van der Waals surface area contributed by atoms with E-state index < -0.39 is 5.60 Å². The quantitative estimate of drug-likeness (QED) is 0.702. The van der Waals surface area contributed by atoms with Crippen LogP contribution in [0.2, 0.25) is 0 Å². The van der Waals surface area contributed by atoms with E-state index in [1.165, 1.54) is 0 Å². The van der Waals surface area contributed by atoms with E-state index in [1.807, 2.05) is 38.1 Å². The molecule has 0 spiro atoms. The van der Waals surface area contributed by atoms with Gasteiger partial charge in [-0.25, -0.2) is 0 Å². The van der Waals surface area contributed by atoms with E-state index in [0.717, 1.165) is 11.1 Å². The lowest BCUT2D eigenvalue weighted by molar-refractivity contribution is 0.0855. The van der Waals surface area contributed by atoms with Gasteiger partial charge in [-0.15, -0.1) is 0 Å². The Morgan fingerprint density at radius 3 is 2.69 bits per heavy atom. The van der Waals surface area contributed by atoms with Gasteiger partial charge >= 0.3 is 0 Å². The molecule has 0 saturated heterocycles. The molecule has 0 aliphatic heterocycles. The highest BCUT2D eigenvalue weighted by Crippen LogP contribution is 2.26. The van der Waals surface area contributed by atoms with E-state index in [4.69, 9.17) is 0 Å². The van der Waals surface area contributed by atoms with Crippen molar-refractivity contribution in [2.24, 2.45) is 0 Å². The molecule has 13 heavy (non-hydrogen) atoms. The molecule has 0 bridgehead atoms. The van der Waals surface area contributed by atoms with Crippen molar-refractivity contribution in [2.45, 2.75) is 25.9 Å². The van der Waals surface area contributed by atoms with Crippen LogP contribution < -0.4 is 0 Å². The zero-order valence-electron chi connectivity index (χ0n) is 8.25. The van der Waals surface area contributed by atoms with E-state index >= 15 is 0 Å². The molecule has 0 saturated carbocycles. The molecular formula is C12H16O. The second kappa shape index (κ2) is 3.75. The summed E-state index contributed by atoms with van der Waals surface area (Å²) < 4.78 is 0. The zero-order valence-corrected chi connectivity index (χ0v) is 8.25. The molecular weight excluding hydrogens is 160 g/mol. The third kappa shape index (κ3) is 1.99. The maximum atomic E-state index is 10.1. The highest BCUT2D eigenvalue weighted by Gasteiger charge is 2.22. The van der Waals surface area contributed by atoms with Crippen LogP contribution in [-0.4, -0.2) is 5.11 Å². The van der Waals surface area contributed by atoms with Gasteiger partial charge in [0.2, 0.25) is 0 Å². The molecule has 1 aromatic rings. The molecule has 0 fully saturated rings. The molecule has 0 amide bonds. The average molecular weight is 176 g/mol. The molecule has 0 aliphatic rings. The fourth-order valence-electron chi connectivity index (χ4n) is 1.38. The van der Waals surface area contributed by atoms with Crippen molar-refractivity contribution in [2.75, 3.05) is 0 Å². The van der Waals surface area contributed by atoms with Gasteiger partial charge in [-0.05, 0) is 18.9 Å². The second-order valence-corrected chi connectivity index (χ2v) is 3.35. The minimum absolute atomic E-state index is 0.653. The Morgan fingerprint density at radius 2 is 2.23 bits per heavy atom. The lowest BCUT2D eigenvalue weighted by Gasteiger charge is -2.23. The van der Waals surface area contributed by atoms with Crippen molar-refractivity contribution >= 4 is 0 Å². The summed E-state index contributed by atoms with van der Waals surface area (Å²) >= 11 is 0. The lowest BCUT2D eigenvalue weighted by Crippen LogP contribution is -2.21. The molecule has 1 rings (SSSR count). The molecule has 70 valence electrons. The van der Waals surface area contributed by atoms with E-state index in [-0.39, 0.29) is 0 Å². The third-order valence-electron chi connectivity index (χ3n) is 2.39.